The number of halogens is 1. The highest BCUT2D eigenvalue weighted by Gasteiger charge is 2.36. The number of aliphatic hydroxyl groups is 1. The first-order chi connectivity index (χ1) is 8.17. The van der Waals surface area contributed by atoms with Crippen molar-refractivity contribution >= 4 is 17.5 Å². The number of alkyl halides is 1. The molecule has 1 aromatic carbocycles. The van der Waals surface area contributed by atoms with Crippen molar-refractivity contribution in [2.24, 2.45) is 0 Å². The third-order valence-corrected chi connectivity index (χ3v) is 3.61. The average molecular weight is 270 g/mol. The van der Waals surface area contributed by atoms with Gasteiger partial charge < -0.3 is 10.4 Å². The number of carbonyl (C=O) groups is 1. The second-order valence-corrected chi connectivity index (χ2v) is 5.74. The Labute approximate surface area is 113 Å². The van der Waals surface area contributed by atoms with Crippen LogP contribution in [0.4, 0.5) is 0 Å². The molecule has 3 nitrogen and oxygen atoms in total. The minimum absolute atomic E-state index is 0.214. The molecule has 1 aromatic rings. The van der Waals surface area contributed by atoms with Crippen LogP contribution < -0.4 is 5.32 Å². The van der Waals surface area contributed by atoms with Gasteiger partial charge in [-0.25, -0.2) is 0 Å². The van der Waals surface area contributed by atoms with Gasteiger partial charge in [-0.3, -0.25) is 4.79 Å². The van der Waals surface area contributed by atoms with E-state index in [2.05, 4.69) is 5.32 Å². The van der Waals surface area contributed by atoms with Crippen LogP contribution in [-0.4, -0.2) is 22.2 Å². The molecule has 0 aliphatic rings. The lowest BCUT2D eigenvalue weighted by Crippen LogP contribution is -2.57. The number of amides is 1. The predicted molar refractivity (Wildman–Crippen MR) is 73.8 cm³/mol. The molecule has 0 saturated heterocycles. The van der Waals surface area contributed by atoms with E-state index in [1.807, 2.05) is 6.07 Å². The largest absolute Gasteiger partial charge is 0.388 e. The van der Waals surface area contributed by atoms with Gasteiger partial charge in [-0.05, 0) is 45.4 Å². The Morgan fingerprint density at radius 1 is 1.33 bits per heavy atom. The van der Waals surface area contributed by atoms with E-state index >= 15 is 0 Å². The molecule has 0 aliphatic carbocycles. The van der Waals surface area contributed by atoms with Crippen molar-refractivity contribution < 1.29 is 9.90 Å². The van der Waals surface area contributed by atoms with Crippen molar-refractivity contribution in [3.8, 4) is 0 Å². The van der Waals surface area contributed by atoms with E-state index in [1.54, 1.807) is 45.9 Å². The molecule has 0 atom stereocenters. The van der Waals surface area contributed by atoms with Gasteiger partial charge in [0.1, 0.15) is 0 Å². The van der Waals surface area contributed by atoms with Crippen molar-refractivity contribution in [2.45, 2.75) is 44.7 Å². The van der Waals surface area contributed by atoms with Crippen LogP contribution in [0.2, 0.25) is 0 Å². The van der Waals surface area contributed by atoms with Gasteiger partial charge in [-0.2, -0.15) is 0 Å². The lowest BCUT2D eigenvalue weighted by molar-refractivity contribution is -0.00292. The number of rotatable bonds is 4. The van der Waals surface area contributed by atoms with Crippen molar-refractivity contribution in [1.82, 2.24) is 5.32 Å². The summed E-state index contributed by atoms with van der Waals surface area (Å²) in [4.78, 5) is 12.1. The number of hydrogen-bond acceptors (Lipinski definition) is 2. The predicted octanol–water partition coefficient (Wildman–Crippen LogP) is 2.70. The Bertz CT molecular complexity index is 436. The summed E-state index contributed by atoms with van der Waals surface area (Å²) in [7, 11) is 0. The zero-order valence-electron chi connectivity index (χ0n) is 11.2. The monoisotopic (exact) mass is 269 g/mol. The molecular weight excluding hydrogens is 250 g/mol. The summed E-state index contributed by atoms with van der Waals surface area (Å²) in [5.41, 5.74) is -0.288. The van der Waals surface area contributed by atoms with Crippen molar-refractivity contribution in [2.75, 3.05) is 0 Å². The van der Waals surface area contributed by atoms with Crippen LogP contribution in [0.1, 0.15) is 43.6 Å². The van der Waals surface area contributed by atoms with Crippen molar-refractivity contribution in [3.63, 3.8) is 0 Å². The van der Waals surface area contributed by atoms with Crippen LogP contribution in [-0.2, 0) is 5.88 Å². The maximum Gasteiger partial charge on any atom is 0.251 e. The number of nitrogens with one attached hydrogen (secondary N) is 1. The molecule has 1 amide bonds. The zero-order chi connectivity index (χ0) is 14.0. The lowest BCUT2D eigenvalue weighted by atomic mass is 9.85. The molecule has 0 spiro atoms. The smallest absolute Gasteiger partial charge is 0.251 e. The molecule has 0 radical (unpaired) electrons. The summed E-state index contributed by atoms with van der Waals surface area (Å²) in [5.74, 6) is 0.157. The van der Waals surface area contributed by atoms with E-state index in [9.17, 15) is 9.90 Å². The fourth-order valence-electron chi connectivity index (χ4n) is 1.30. The summed E-state index contributed by atoms with van der Waals surface area (Å²) < 4.78 is 0. The van der Waals surface area contributed by atoms with E-state index in [1.165, 1.54) is 0 Å². The van der Waals surface area contributed by atoms with E-state index in [0.717, 1.165) is 5.56 Å². The summed E-state index contributed by atoms with van der Waals surface area (Å²) in [6.45, 7) is 6.91. The fourth-order valence-corrected chi connectivity index (χ4v) is 1.47. The normalized spacial score (nSPS) is 12.3. The first kappa shape index (κ1) is 15.0. The summed E-state index contributed by atoms with van der Waals surface area (Å²) in [5, 5.41) is 12.8. The van der Waals surface area contributed by atoms with E-state index < -0.39 is 11.1 Å². The molecule has 1 rings (SSSR count). The Morgan fingerprint density at radius 2 is 1.94 bits per heavy atom. The van der Waals surface area contributed by atoms with Crippen molar-refractivity contribution in [3.05, 3.63) is 35.4 Å². The molecule has 0 saturated carbocycles. The Morgan fingerprint density at radius 3 is 2.44 bits per heavy atom. The van der Waals surface area contributed by atoms with Crippen LogP contribution in [0.3, 0.4) is 0 Å². The highest BCUT2D eigenvalue weighted by Crippen LogP contribution is 2.21. The van der Waals surface area contributed by atoms with Crippen LogP contribution in [0.5, 0.6) is 0 Å². The van der Waals surface area contributed by atoms with Crippen LogP contribution >= 0.6 is 11.6 Å². The zero-order valence-corrected chi connectivity index (χ0v) is 12.0. The maximum absolute atomic E-state index is 12.1. The molecule has 4 heteroatoms. The Kier molecular flexibility index (Phi) is 4.41. The second kappa shape index (κ2) is 5.29. The summed E-state index contributed by atoms with van der Waals surface area (Å²) in [6, 6.07) is 7.14. The fraction of sp³-hybridized carbons (Fsp3) is 0.500. The molecular formula is C14H20ClNO2. The van der Waals surface area contributed by atoms with Crippen LogP contribution in [0.15, 0.2) is 24.3 Å². The number of benzene rings is 1. The minimum Gasteiger partial charge on any atom is -0.388 e. The van der Waals surface area contributed by atoms with Gasteiger partial charge >= 0.3 is 0 Å². The van der Waals surface area contributed by atoms with E-state index in [0.29, 0.717) is 11.4 Å². The molecule has 0 unspecified atom stereocenters. The molecule has 18 heavy (non-hydrogen) atoms. The Balaban J connectivity index is 2.89. The molecule has 100 valence electrons. The maximum atomic E-state index is 12.1. The standard InChI is InChI=1S/C14H20ClNO2/c1-13(2,14(3,4)18)16-12(17)11-7-5-6-10(8-11)9-15/h5-8,18H,9H2,1-4H3,(H,16,17). The third-order valence-electron chi connectivity index (χ3n) is 3.30. The van der Waals surface area contributed by atoms with Gasteiger partial charge in [0.05, 0.1) is 11.1 Å². The van der Waals surface area contributed by atoms with Gasteiger partial charge in [0.25, 0.3) is 5.91 Å². The highest BCUT2D eigenvalue weighted by molar-refractivity contribution is 6.17. The van der Waals surface area contributed by atoms with Gasteiger partial charge in [-0.15, -0.1) is 11.6 Å². The molecule has 0 heterocycles. The summed E-state index contributed by atoms with van der Waals surface area (Å²) >= 11 is 5.74. The highest BCUT2D eigenvalue weighted by atomic mass is 35.5. The van der Waals surface area contributed by atoms with Crippen LogP contribution in [0, 0.1) is 0 Å². The first-order valence-corrected chi connectivity index (χ1v) is 6.40. The lowest BCUT2D eigenvalue weighted by Gasteiger charge is -2.38. The number of hydrogen-bond donors (Lipinski definition) is 2. The SMILES string of the molecule is CC(C)(O)C(C)(C)NC(=O)c1cccc(CCl)c1. The van der Waals surface area contributed by atoms with E-state index in [-0.39, 0.29) is 5.91 Å². The topological polar surface area (TPSA) is 49.3 Å². The molecule has 2 N–H and O–H groups in total. The summed E-state index contributed by atoms with van der Waals surface area (Å²) in [6.07, 6.45) is 0. The molecule has 0 aliphatic heterocycles. The average Bonchev–Trinajstić information content (AvgIpc) is 2.27. The number of carbonyl (C=O) groups excluding carboxylic acids is 1. The first-order valence-electron chi connectivity index (χ1n) is 5.87. The van der Waals surface area contributed by atoms with Crippen molar-refractivity contribution in [1.29, 1.82) is 0 Å². The second-order valence-electron chi connectivity index (χ2n) is 5.47. The third kappa shape index (κ3) is 3.47. The van der Waals surface area contributed by atoms with Gasteiger partial charge in [0.15, 0.2) is 0 Å². The quantitative estimate of drug-likeness (QED) is 0.826. The Hall–Kier alpha value is -1.06. The van der Waals surface area contributed by atoms with Gasteiger partial charge in [0, 0.05) is 11.4 Å². The van der Waals surface area contributed by atoms with Gasteiger partial charge in [0.2, 0.25) is 0 Å². The molecule has 0 fully saturated rings. The minimum atomic E-state index is -1.01. The molecule has 0 aromatic heterocycles. The van der Waals surface area contributed by atoms with E-state index in [4.69, 9.17) is 11.6 Å². The van der Waals surface area contributed by atoms with Gasteiger partial charge in [-0.1, -0.05) is 12.1 Å². The molecule has 0 bridgehead atoms. The van der Waals surface area contributed by atoms with Crippen LogP contribution in [0.25, 0.3) is 0 Å².